The molecule has 1 aliphatic carbocycles. The molecule has 1 aromatic heterocycles. The molecule has 0 spiro atoms. The van der Waals surface area contributed by atoms with Gasteiger partial charge in [0.15, 0.2) is 0 Å². The van der Waals surface area contributed by atoms with Gasteiger partial charge in [0.05, 0.1) is 29.5 Å². The van der Waals surface area contributed by atoms with Crippen molar-refractivity contribution in [3.63, 3.8) is 0 Å². The minimum absolute atomic E-state index is 0. The highest BCUT2D eigenvalue weighted by Crippen LogP contribution is 2.31. The van der Waals surface area contributed by atoms with Crippen molar-refractivity contribution in [1.82, 2.24) is 9.55 Å². The van der Waals surface area contributed by atoms with E-state index in [-0.39, 0.29) is 30.0 Å². The molecular formula is C20H23ClN4O3. The maximum absolute atomic E-state index is 12.7. The quantitative estimate of drug-likeness (QED) is 0.579. The number of benzene rings is 2. The molecule has 3 aromatic rings. The number of nitrogens with two attached hydrogens (primary N) is 1. The van der Waals surface area contributed by atoms with E-state index < -0.39 is 0 Å². The van der Waals surface area contributed by atoms with Crippen LogP contribution in [0.15, 0.2) is 41.2 Å². The number of nitrogens with one attached hydrogen (secondary N) is 2. The number of imidazole rings is 1. The Bertz CT molecular complexity index is 1070. The average molecular weight is 403 g/mol. The van der Waals surface area contributed by atoms with Crippen LogP contribution in [0.1, 0.15) is 42.1 Å². The second kappa shape index (κ2) is 7.98. The zero-order valence-corrected chi connectivity index (χ0v) is 16.3. The summed E-state index contributed by atoms with van der Waals surface area (Å²) in [6.45, 7) is 0. The van der Waals surface area contributed by atoms with Gasteiger partial charge in [-0.2, -0.15) is 0 Å². The standard InChI is InChI=1S/C20H22N4O3.ClH/c1-27-14-7-8-15(21)16(11-14)22-19(25)12-6-9-18-17(10-12)23-20(26)24(18)13-4-2-3-5-13;/h6-11,13H,2-5,21H2,1H3,(H,22,25)(H,23,26);1H. The lowest BCUT2D eigenvalue weighted by Gasteiger charge is -2.12. The highest BCUT2D eigenvalue weighted by atomic mass is 35.5. The predicted molar refractivity (Wildman–Crippen MR) is 113 cm³/mol. The number of ether oxygens (including phenoxy) is 1. The Kier molecular flexibility index (Phi) is 5.65. The first-order chi connectivity index (χ1) is 13.1. The van der Waals surface area contributed by atoms with Gasteiger partial charge in [-0.3, -0.25) is 9.36 Å². The maximum atomic E-state index is 12.7. The van der Waals surface area contributed by atoms with Gasteiger partial charge in [-0.15, -0.1) is 12.4 Å². The molecule has 148 valence electrons. The molecule has 1 heterocycles. The summed E-state index contributed by atoms with van der Waals surface area (Å²) in [5, 5.41) is 2.80. The van der Waals surface area contributed by atoms with Crippen LogP contribution in [-0.2, 0) is 0 Å². The van der Waals surface area contributed by atoms with Crippen molar-refractivity contribution in [2.75, 3.05) is 18.2 Å². The molecule has 28 heavy (non-hydrogen) atoms. The summed E-state index contributed by atoms with van der Waals surface area (Å²) < 4.78 is 6.99. The molecule has 1 aliphatic rings. The summed E-state index contributed by atoms with van der Waals surface area (Å²) in [6, 6.07) is 10.6. The van der Waals surface area contributed by atoms with E-state index in [1.807, 2.05) is 10.6 Å². The molecular weight excluding hydrogens is 380 g/mol. The van der Waals surface area contributed by atoms with Crippen molar-refractivity contribution >= 4 is 40.7 Å². The van der Waals surface area contributed by atoms with Gasteiger partial charge >= 0.3 is 5.69 Å². The van der Waals surface area contributed by atoms with Gasteiger partial charge in [0.1, 0.15) is 5.75 Å². The van der Waals surface area contributed by atoms with Gasteiger partial charge in [-0.1, -0.05) is 12.8 Å². The van der Waals surface area contributed by atoms with Gasteiger partial charge in [0.25, 0.3) is 5.91 Å². The van der Waals surface area contributed by atoms with Crippen LogP contribution in [0.5, 0.6) is 5.75 Å². The molecule has 1 fully saturated rings. The highest BCUT2D eigenvalue weighted by Gasteiger charge is 2.21. The second-order valence-corrected chi connectivity index (χ2v) is 6.88. The molecule has 0 bridgehead atoms. The molecule has 2 aromatic carbocycles. The first-order valence-electron chi connectivity index (χ1n) is 9.06. The third kappa shape index (κ3) is 3.57. The number of methoxy groups -OCH3 is 1. The first-order valence-corrected chi connectivity index (χ1v) is 9.06. The predicted octanol–water partition coefficient (Wildman–Crippen LogP) is 3.71. The number of hydrogen-bond acceptors (Lipinski definition) is 4. The van der Waals surface area contributed by atoms with E-state index in [0.717, 1.165) is 31.2 Å². The highest BCUT2D eigenvalue weighted by molar-refractivity contribution is 6.07. The van der Waals surface area contributed by atoms with Crippen LogP contribution in [-0.4, -0.2) is 22.6 Å². The molecule has 0 radical (unpaired) electrons. The fraction of sp³-hybridized carbons (Fsp3) is 0.300. The molecule has 1 saturated carbocycles. The Labute approximate surface area is 168 Å². The Morgan fingerprint density at radius 2 is 1.96 bits per heavy atom. The summed E-state index contributed by atoms with van der Waals surface area (Å²) in [5.74, 6) is 0.305. The average Bonchev–Trinajstić information content (AvgIpc) is 3.29. The second-order valence-electron chi connectivity index (χ2n) is 6.88. The molecule has 4 N–H and O–H groups in total. The van der Waals surface area contributed by atoms with E-state index in [1.54, 1.807) is 37.4 Å². The lowest BCUT2D eigenvalue weighted by Crippen LogP contribution is -2.20. The third-order valence-electron chi connectivity index (χ3n) is 5.18. The number of nitrogen functional groups attached to an aromatic ring is 1. The van der Waals surface area contributed by atoms with E-state index in [9.17, 15) is 9.59 Å². The van der Waals surface area contributed by atoms with Gasteiger partial charge < -0.3 is 20.8 Å². The number of carbonyl (C=O) groups is 1. The van der Waals surface area contributed by atoms with Crippen LogP contribution >= 0.6 is 12.4 Å². The van der Waals surface area contributed by atoms with Crippen LogP contribution in [0.25, 0.3) is 11.0 Å². The summed E-state index contributed by atoms with van der Waals surface area (Å²) in [7, 11) is 1.55. The number of rotatable bonds is 4. The van der Waals surface area contributed by atoms with Crippen molar-refractivity contribution in [2.45, 2.75) is 31.7 Å². The van der Waals surface area contributed by atoms with Crippen LogP contribution in [0.2, 0.25) is 0 Å². The Morgan fingerprint density at radius 1 is 1.21 bits per heavy atom. The van der Waals surface area contributed by atoms with Gasteiger partial charge in [-0.25, -0.2) is 4.79 Å². The Hall–Kier alpha value is -2.93. The Morgan fingerprint density at radius 3 is 2.68 bits per heavy atom. The van der Waals surface area contributed by atoms with Crippen LogP contribution < -0.4 is 21.5 Å². The number of hydrogen-bond donors (Lipinski definition) is 3. The lowest BCUT2D eigenvalue weighted by molar-refractivity contribution is 0.102. The van der Waals surface area contributed by atoms with Crippen molar-refractivity contribution in [1.29, 1.82) is 0 Å². The van der Waals surface area contributed by atoms with Crippen molar-refractivity contribution in [3.05, 3.63) is 52.4 Å². The van der Waals surface area contributed by atoms with Gasteiger partial charge in [0, 0.05) is 17.7 Å². The number of fused-ring (bicyclic) bond motifs is 1. The number of aromatic amines is 1. The molecule has 8 heteroatoms. The van der Waals surface area contributed by atoms with Crippen LogP contribution in [0.4, 0.5) is 11.4 Å². The summed E-state index contributed by atoms with van der Waals surface area (Å²) in [6.07, 6.45) is 4.33. The minimum atomic E-state index is -0.300. The zero-order chi connectivity index (χ0) is 19.0. The number of carbonyl (C=O) groups excluding carboxylic acids is 1. The Balaban J connectivity index is 0.00000225. The van der Waals surface area contributed by atoms with Crippen LogP contribution in [0.3, 0.4) is 0 Å². The fourth-order valence-electron chi connectivity index (χ4n) is 3.76. The van der Waals surface area contributed by atoms with Crippen LogP contribution in [0, 0.1) is 0 Å². The smallest absolute Gasteiger partial charge is 0.326 e. The monoisotopic (exact) mass is 402 g/mol. The first kappa shape index (κ1) is 19.8. The number of amides is 1. The number of H-pyrrole nitrogens is 1. The molecule has 0 unspecified atom stereocenters. The summed E-state index contributed by atoms with van der Waals surface area (Å²) in [5.41, 5.74) is 8.70. The number of anilines is 2. The van der Waals surface area contributed by atoms with Crippen molar-refractivity contribution in [2.24, 2.45) is 0 Å². The molecule has 7 nitrogen and oxygen atoms in total. The normalized spacial score (nSPS) is 14.0. The third-order valence-corrected chi connectivity index (χ3v) is 5.18. The largest absolute Gasteiger partial charge is 0.497 e. The van der Waals surface area contributed by atoms with E-state index in [4.69, 9.17) is 10.5 Å². The topological polar surface area (TPSA) is 102 Å². The van der Waals surface area contributed by atoms with E-state index in [0.29, 0.717) is 28.2 Å². The lowest BCUT2D eigenvalue weighted by atomic mass is 10.1. The van der Waals surface area contributed by atoms with Crippen molar-refractivity contribution in [3.8, 4) is 5.75 Å². The fourth-order valence-corrected chi connectivity index (χ4v) is 3.76. The maximum Gasteiger partial charge on any atom is 0.326 e. The molecule has 4 rings (SSSR count). The number of nitrogens with zero attached hydrogens (tertiary/aromatic N) is 1. The minimum Gasteiger partial charge on any atom is -0.497 e. The number of aromatic nitrogens is 2. The molecule has 0 aliphatic heterocycles. The molecule has 0 saturated heterocycles. The molecule has 0 atom stereocenters. The summed E-state index contributed by atoms with van der Waals surface area (Å²) >= 11 is 0. The number of halogens is 1. The van der Waals surface area contributed by atoms with E-state index in [1.165, 1.54) is 0 Å². The van der Waals surface area contributed by atoms with E-state index >= 15 is 0 Å². The van der Waals surface area contributed by atoms with Crippen molar-refractivity contribution < 1.29 is 9.53 Å². The molecule has 1 amide bonds. The SMILES string of the molecule is COc1ccc(N)c(NC(=O)c2ccc3c(c2)[nH]c(=O)n3C2CCCC2)c1.Cl. The van der Waals surface area contributed by atoms with Gasteiger partial charge in [0.2, 0.25) is 0 Å². The zero-order valence-electron chi connectivity index (χ0n) is 15.5. The van der Waals surface area contributed by atoms with E-state index in [2.05, 4.69) is 10.3 Å². The van der Waals surface area contributed by atoms with Gasteiger partial charge in [-0.05, 0) is 43.2 Å². The summed E-state index contributed by atoms with van der Waals surface area (Å²) in [4.78, 5) is 27.9.